The first-order chi connectivity index (χ1) is 8.20. The van der Waals surface area contributed by atoms with Gasteiger partial charge in [-0.1, -0.05) is 11.6 Å². The Kier molecular flexibility index (Phi) is 3.38. The van der Waals surface area contributed by atoms with Crippen LogP contribution in [0.25, 0.3) is 0 Å². The molecule has 3 N–H and O–H groups in total. The fraction of sp³-hybridized carbons (Fsp3) is 0.333. The van der Waals surface area contributed by atoms with E-state index in [4.69, 9.17) is 17.3 Å². The summed E-state index contributed by atoms with van der Waals surface area (Å²) in [7, 11) is 0. The van der Waals surface area contributed by atoms with Crippen molar-refractivity contribution in [3.63, 3.8) is 0 Å². The Morgan fingerprint density at radius 1 is 1.53 bits per heavy atom. The number of hydrogen-bond donors (Lipinski definition) is 2. The number of aromatic nitrogens is 5. The van der Waals surface area contributed by atoms with Gasteiger partial charge in [0.1, 0.15) is 11.3 Å². The van der Waals surface area contributed by atoms with Gasteiger partial charge in [0.2, 0.25) is 5.95 Å². The Morgan fingerprint density at radius 2 is 2.35 bits per heavy atom. The molecule has 8 heteroatoms. The van der Waals surface area contributed by atoms with Gasteiger partial charge in [-0.3, -0.25) is 0 Å². The predicted octanol–water partition coefficient (Wildman–Crippen LogP) is 0.936. The molecule has 2 aromatic heterocycles. The minimum atomic E-state index is 0.175. The number of nitrogens with two attached hydrogens (primary N) is 1. The Hall–Kier alpha value is -1.89. The van der Waals surface area contributed by atoms with Crippen molar-refractivity contribution in [2.45, 2.75) is 20.0 Å². The van der Waals surface area contributed by atoms with Gasteiger partial charge in [-0.25, -0.2) is 4.98 Å². The van der Waals surface area contributed by atoms with E-state index in [0.29, 0.717) is 17.4 Å². The van der Waals surface area contributed by atoms with Crippen molar-refractivity contribution in [2.75, 3.05) is 11.1 Å². The molecule has 90 valence electrons. The van der Waals surface area contributed by atoms with Gasteiger partial charge in [0.05, 0.1) is 12.7 Å². The van der Waals surface area contributed by atoms with E-state index in [1.807, 2.05) is 11.5 Å². The molecule has 0 aromatic carbocycles. The molecule has 0 saturated heterocycles. The van der Waals surface area contributed by atoms with Crippen LogP contribution < -0.4 is 11.1 Å². The van der Waals surface area contributed by atoms with E-state index in [1.54, 1.807) is 6.33 Å². The largest absolute Gasteiger partial charge is 0.368 e. The van der Waals surface area contributed by atoms with Gasteiger partial charge >= 0.3 is 0 Å². The molecule has 0 aliphatic carbocycles. The molecule has 0 radical (unpaired) electrons. The van der Waals surface area contributed by atoms with E-state index >= 15 is 0 Å². The molecule has 0 fully saturated rings. The lowest BCUT2D eigenvalue weighted by atomic mass is 10.5. The lowest BCUT2D eigenvalue weighted by Crippen LogP contribution is -2.09. The zero-order chi connectivity index (χ0) is 12.3. The molecule has 0 atom stereocenters. The van der Waals surface area contributed by atoms with Crippen LogP contribution in [0.5, 0.6) is 0 Å². The second-order valence-corrected chi connectivity index (χ2v) is 3.72. The first kappa shape index (κ1) is 11.6. The maximum Gasteiger partial charge on any atom is 0.222 e. The topological polar surface area (TPSA) is 94.5 Å². The van der Waals surface area contributed by atoms with Crippen molar-refractivity contribution < 1.29 is 0 Å². The second-order valence-electron chi connectivity index (χ2n) is 3.31. The number of nitrogens with zero attached hydrogens (tertiary/aromatic N) is 5. The molecule has 0 unspecified atom stereocenters. The van der Waals surface area contributed by atoms with Crippen LogP contribution in [-0.4, -0.2) is 24.7 Å². The molecule has 0 spiro atoms. The average Bonchev–Trinajstić information content (AvgIpc) is 2.77. The molecule has 0 aliphatic rings. The number of aryl methyl sites for hydroxylation is 1. The zero-order valence-corrected chi connectivity index (χ0v) is 10.0. The smallest absolute Gasteiger partial charge is 0.222 e. The highest BCUT2D eigenvalue weighted by Crippen LogP contribution is 2.18. The number of anilines is 2. The van der Waals surface area contributed by atoms with Crippen molar-refractivity contribution >= 4 is 23.4 Å². The van der Waals surface area contributed by atoms with Crippen LogP contribution in [0.15, 0.2) is 12.5 Å². The number of hydrogen-bond acceptors (Lipinski definition) is 6. The molecule has 2 heterocycles. The van der Waals surface area contributed by atoms with Crippen LogP contribution in [0.1, 0.15) is 12.7 Å². The van der Waals surface area contributed by atoms with Gasteiger partial charge in [0.15, 0.2) is 11.6 Å². The van der Waals surface area contributed by atoms with Crippen molar-refractivity contribution in [2.24, 2.45) is 0 Å². The Morgan fingerprint density at radius 3 is 3.12 bits per heavy atom. The summed E-state index contributed by atoms with van der Waals surface area (Å²) in [6.45, 7) is 3.30. The van der Waals surface area contributed by atoms with Gasteiger partial charge in [-0.2, -0.15) is 4.98 Å². The predicted molar refractivity (Wildman–Crippen MR) is 64.5 cm³/mol. The number of nitrogens with one attached hydrogen (secondary N) is 1. The van der Waals surface area contributed by atoms with Gasteiger partial charge in [0, 0.05) is 6.54 Å². The van der Waals surface area contributed by atoms with Gasteiger partial charge < -0.3 is 15.6 Å². The van der Waals surface area contributed by atoms with Crippen LogP contribution in [0.3, 0.4) is 0 Å². The van der Waals surface area contributed by atoms with Gasteiger partial charge in [-0.05, 0) is 6.92 Å². The van der Waals surface area contributed by atoms with Crippen LogP contribution in [0, 0.1) is 0 Å². The molecular formula is C9H12ClN7. The lowest BCUT2D eigenvalue weighted by Gasteiger charge is -2.07. The van der Waals surface area contributed by atoms with E-state index in [2.05, 4.69) is 25.5 Å². The summed E-state index contributed by atoms with van der Waals surface area (Å²) in [6, 6.07) is 0. The Bertz CT molecular complexity index is 510. The van der Waals surface area contributed by atoms with E-state index in [-0.39, 0.29) is 5.95 Å². The minimum Gasteiger partial charge on any atom is -0.368 e. The molecule has 17 heavy (non-hydrogen) atoms. The molecule has 0 amide bonds. The molecule has 0 saturated carbocycles. The van der Waals surface area contributed by atoms with E-state index in [0.717, 1.165) is 12.4 Å². The number of rotatable bonds is 4. The van der Waals surface area contributed by atoms with Crippen LogP contribution >= 0.6 is 11.6 Å². The normalized spacial score (nSPS) is 10.5. The standard InChI is InChI=1S/C9H12ClN7/c1-2-17-5-14-16-7(17)4-12-8-6(10)3-13-9(11)15-8/h3,5H,2,4H2,1H3,(H3,11,12,13,15). The summed E-state index contributed by atoms with van der Waals surface area (Å²) in [5, 5.41) is 11.3. The van der Waals surface area contributed by atoms with Crippen molar-refractivity contribution in [3.8, 4) is 0 Å². The third kappa shape index (κ3) is 2.62. The fourth-order valence-electron chi connectivity index (χ4n) is 1.35. The third-order valence-corrected chi connectivity index (χ3v) is 2.49. The van der Waals surface area contributed by atoms with Crippen molar-refractivity contribution in [1.29, 1.82) is 0 Å². The van der Waals surface area contributed by atoms with Crippen LogP contribution in [-0.2, 0) is 13.1 Å². The lowest BCUT2D eigenvalue weighted by molar-refractivity contribution is 0.707. The van der Waals surface area contributed by atoms with Crippen LogP contribution in [0.4, 0.5) is 11.8 Å². The van der Waals surface area contributed by atoms with Crippen LogP contribution in [0.2, 0.25) is 5.02 Å². The summed E-state index contributed by atoms with van der Waals surface area (Å²) in [4.78, 5) is 7.77. The SMILES string of the molecule is CCn1cnnc1CNc1nc(N)ncc1Cl. The second kappa shape index (κ2) is 4.96. The monoisotopic (exact) mass is 253 g/mol. The zero-order valence-electron chi connectivity index (χ0n) is 9.26. The molecule has 2 rings (SSSR count). The average molecular weight is 254 g/mol. The minimum absolute atomic E-state index is 0.175. The highest BCUT2D eigenvalue weighted by Gasteiger charge is 2.06. The summed E-state index contributed by atoms with van der Waals surface area (Å²) < 4.78 is 1.92. The highest BCUT2D eigenvalue weighted by atomic mass is 35.5. The number of halogens is 1. The third-order valence-electron chi connectivity index (χ3n) is 2.21. The first-order valence-electron chi connectivity index (χ1n) is 5.09. The summed E-state index contributed by atoms with van der Waals surface area (Å²) >= 11 is 5.92. The maximum atomic E-state index is 5.92. The maximum absolute atomic E-state index is 5.92. The first-order valence-corrected chi connectivity index (χ1v) is 5.47. The summed E-state index contributed by atoms with van der Waals surface area (Å²) in [6.07, 6.45) is 3.13. The summed E-state index contributed by atoms with van der Waals surface area (Å²) in [5.74, 6) is 1.47. The summed E-state index contributed by atoms with van der Waals surface area (Å²) in [5.41, 5.74) is 5.48. The van der Waals surface area contributed by atoms with Gasteiger partial charge in [-0.15, -0.1) is 10.2 Å². The highest BCUT2D eigenvalue weighted by molar-refractivity contribution is 6.32. The fourth-order valence-corrected chi connectivity index (χ4v) is 1.51. The van der Waals surface area contributed by atoms with E-state index in [9.17, 15) is 0 Å². The van der Waals surface area contributed by atoms with Crippen molar-refractivity contribution in [3.05, 3.63) is 23.4 Å². The van der Waals surface area contributed by atoms with E-state index in [1.165, 1.54) is 6.20 Å². The Labute approximate surface area is 103 Å². The molecular weight excluding hydrogens is 242 g/mol. The quantitative estimate of drug-likeness (QED) is 0.842. The number of nitrogen functional groups attached to an aromatic ring is 1. The Balaban J connectivity index is 2.09. The van der Waals surface area contributed by atoms with E-state index < -0.39 is 0 Å². The molecule has 0 bridgehead atoms. The van der Waals surface area contributed by atoms with Gasteiger partial charge in [0.25, 0.3) is 0 Å². The van der Waals surface area contributed by atoms with Crippen molar-refractivity contribution in [1.82, 2.24) is 24.7 Å². The molecule has 2 aromatic rings. The molecule has 0 aliphatic heterocycles. The molecule has 7 nitrogen and oxygen atoms in total.